The number of nitrogens with zero attached hydrogens (tertiary/aromatic N) is 1. The second-order valence-corrected chi connectivity index (χ2v) is 7.35. The number of aliphatic carboxylic acids is 1. The molecule has 0 unspecified atom stereocenters. The summed E-state index contributed by atoms with van der Waals surface area (Å²) in [6, 6.07) is 3.00. The van der Waals surface area contributed by atoms with Gasteiger partial charge in [0.05, 0.1) is 10.6 Å². The quantitative estimate of drug-likeness (QED) is 0.846. The fraction of sp³-hybridized carbons (Fsp3) is 0.400. The molecule has 0 saturated carbocycles. The lowest BCUT2D eigenvalue weighted by Crippen LogP contribution is -2.41. The largest absolute Gasteiger partial charge is 0.480 e. The first-order chi connectivity index (χ1) is 10.4. The average Bonchev–Trinajstić information content (AvgIpc) is 3.05. The Balaban J connectivity index is 2.17. The van der Waals surface area contributed by atoms with Gasteiger partial charge in [-0.1, -0.05) is 19.9 Å². The summed E-state index contributed by atoms with van der Waals surface area (Å²) in [5.74, 6) is -1.20. The van der Waals surface area contributed by atoms with Gasteiger partial charge in [-0.05, 0) is 30.7 Å². The van der Waals surface area contributed by atoms with Crippen LogP contribution in [0.25, 0.3) is 9.88 Å². The van der Waals surface area contributed by atoms with E-state index in [1.165, 1.54) is 11.3 Å². The molecule has 0 aliphatic heterocycles. The number of rotatable bonds is 6. The Hall–Kier alpha value is -1.73. The zero-order valence-electron chi connectivity index (χ0n) is 12.6. The van der Waals surface area contributed by atoms with E-state index in [2.05, 4.69) is 10.3 Å². The Bertz CT molecular complexity index is 662. The van der Waals surface area contributed by atoms with E-state index in [1.807, 2.05) is 31.4 Å². The van der Waals surface area contributed by atoms with E-state index in [-0.39, 0.29) is 11.8 Å². The van der Waals surface area contributed by atoms with Crippen LogP contribution in [0.2, 0.25) is 0 Å². The molecule has 0 radical (unpaired) electrons. The Morgan fingerprint density at radius 1 is 1.41 bits per heavy atom. The van der Waals surface area contributed by atoms with Crippen molar-refractivity contribution >= 4 is 34.6 Å². The van der Waals surface area contributed by atoms with Crippen molar-refractivity contribution < 1.29 is 14.7 Å². The number of aromatic nitrogens is 1. The molecule has 118 valence electrons. The van der Waals surface area contributed by atoms with Crippen LogP contribution in [0.1, 0.15) is 35.6 Å². The Labute approximate surface area is 137 Å². The third-order valence-electron chi connectivity index (χ3n) is 3.05. The van der Waals surface area contributed by atoms with Crippen LogP contribution in [0.5, 0.6) is 0 Å². The summed E-state index contributed by atoms with van der Waals surface area (Å²) >= 11 is 2.85. The summed E-state index contributed by atoms with van der Waals surface area (Å²) in [7, 11) is 0. The minimum atomic E-state index is -1.01. The lowest BCUT2D eigenvalue weighted by atomic mass is 10.0. The molecule has 2 aromatic rings. The first-order valence-corrected chi connectivity index (χ1v) is 8.63. The first-order valence-electron chi connectivity index (χ1n) is 6.93. The van der Waals surface area contributed by atoms with E-state index >= 15 is 0 Å². The van der Waals surface area contributed by atoms with Crippen LogP contribution in [-0.4, -0.2) is 28.0 Å². The Kier molecular flexibility index (Phi) is 5.31. The van der Waals surface area contributed by atoms with Crippen molar-refractivity contribution in [3.63, 3.8) is 0 Å². The van der Waals surface area contributed by atoms with Gasteiger partial charge in [-0.15, -0.1) is 22.7 Å². The van der Waals surface area contributed by atoms with Gasteiger partial charge in [0.2, 0.25) is 0 Å². The van der Waals surface area contributed by atoms with Gasteiger partial charge >= 0.3 is 5.97 Å². The highest BCUT2D eigenvalue weighted by Crippen LogP contribution is 2.31. The zero-order valence-corrected chi connectivity index (χ0v) is 14.3. The van der Waals surface area contributed by atoms with Crippen LogP contribution < -0.4 is 5.32 Å². The molecule has 2 aromatic heterocycles. The lowest BCUT2D eigenvalue weighted by molar-refractivity contribution is -0.139. The van der Waals surface area contributed by atoms with Crippen LogP contribution in [0.3, 0.4) is 0 Å². The number of carboxylic acid groups (broad SMARTS) is 1. The van der Waals surface area contributed by atoms with E-state index in [9.17, 15) is 14.7 Å². The lowest BCUT2D eigenvalue weighted by Gasteiger charge is -2.15. The molecular formula is C15H18N2O3S2. The van der Waals surface area contributed by atoms with Crippen LogP contribution in [0.4, 0.5) is 0 Å². The Morgan fingerprint density at radius 3 is 2.68 bits per heavy atom. The predicted octanol–water partition coefficient (Wildman–Crippen LogP) is 3.41. The van der Waals surface area contributed by atoms with Gasteiger partial charge in [0.25, 0.3) is 5.91 Å². The third-order valence-corrected chi connectivity index (χ3v) is 5.24. The highest BCUT2D eigenvalue weighted by Gasteiger charge is 2.24. The van der Waals surface area contributed by atoms with Crippen molar-refractivity contribution in [1.82, 2.24) is 10.3 Å². The molecule has 0 fully saturated rings. The molecule has 5 nitrogen and oxygen atoms in total. The standard InChI is InChI=1S/C15H18N2O3S2/c1-8(2)7-10(15(19)20)17-13(18)12-9(3)16-14(22-12)11-5-4-6-21-11/h4-6,8,10H,7H2,1-3H3,(H,17,18)(H,19,20)/t10-/m0/s1. The minimum absolute atomic E-state index is 0.186. The number of carbonyl (C=O) groups is 2. The molecule has 0 aliphatic carbocycles. The van der Waals surface area contributed by atoms with Crippen molar-refractivity contribution in [3.8, 4) is 9.88 Å². The smallest absolute Gasteiger partial charge is 0.326 e. The molecule has 0 bridgehead atoms. The number of aryl methyl sites for hydroxylation is 1. The molecule has 2 rings (SSSR count). The van der Waals surface area contributed by atoms with Gasteiger partial charge in [-0.3, -0.25) is 4.79 Å². The van der Waals surface area contributed by atoms with E-state index in [0.717, 1.165) is 9.88 Å². The highest BCUT2D eigenvalue weighted by molar-refractivity contribution is 7.22. The van der Waals surface area contributed by atoms with Gasteiger partial charge in [0, 0.05) is 0 Å². The van der Waals surface area contributed by atoms with Crippen molar-refractivity contribution in [2.75, 3.05) is 0 Å². The summed E-state index contributed by atoms with van der Waals surface area (Å²) in [5, 5.41) is 14.6. The molecule has 1 atom stereocenters. The van der Waals surface area contributed by atoms with Gasteiger partial charge in [0.15, 0.2) is 0 Å². The van der Waals surface area contributed by atoms with Gasteiger partial charge in [-0.2, -0.15) is 0 Å². The molecule has 1 amide bonds. The number of carboxylic acids is 1. The molecule has 0 aliphatic rings. The molecule has 0 spiro atoms. The molecule has 22 heavy (non-hydrogen) atoms. The van der Waals surface area contributed by atoms with Gasteiger partial charge < -0.3 is 10.4 Å². The van der Waals surface area contributed by atoms with Crippen molar-refractivity contribution in [2.24, 2.45) is 5.92 Å². The number of carbonyl (C=O) groups excluding carboxylic acids is 1. The topological polar surface area (TPSA) is 79.3 Å². The summed E-state index contributed by atoms with van der Waals surface area (Å²) < 4.78 is 0. The molecule has 2 heterocycles. The zero-order chi connectivity index (χ0) is 16.3. The Morgan fingerprint density at radius 2 is 2.14 bits per heavy atom. The molecular weight excluding hydrogens is 320 g/mol. The fourth-order valence-corrected chi connectivity index (χ4v) is 3.80. The number of hydrogen-bond acceptors (Lipinski definition) is 5. The summed E-state index contributed by atoms with van der Waals surface area (Å²) in [6.07, 6.45) is 0.400. The van der Waals surface area contributed by atoms with Gasteiger partial charge in [0.1, 0.15) is 15.9 Å². The maximum Gasteiger partial charge on any atom is 0.326 e. The van der Waals surface area contributed by atoms with E-state index in [0.29, 0.717) is 17.0 Å². The number of hydrogen-bond donors (Lipinski definition) is 2. The molecule has 0 saturated heterocycles. The monoisotopic (exact) mass is 338 g/mol. The second kappa shape index (κ2) is 7.02. The van der Waals surface area contributed by atoms with Crippen LogP contribution in [-0.2, 0) is 4.79 Å². The van der Waals surface area contributed by atoms with E-state index < -0.39 is 12.0 Å². The second-order valence-electron chi connectivity index (χ2n) is 5.40. The van der Waals surface area contributed by atoms with E-state index in [4.69, 9.17) is 0 Å². The van der Waals surface area contributed by atoms with Crippen molar-refractivity contribution in [1.29, 1.82) is 0 Å². The number of thiazole rings is 1. The molecule has 7 heteroatoms. The molecule has 2 N–H and O–H groups in total. The summed E-state index contributed by atoms with van der Waals surface area (Å²) in [6.45, 7) is 5.62. The highest BCUT2D eigenvalue weighted by atomic mass is 32.1. The maximum atomic E-state index is 12.3. The SMILES string of the molecule is Cc1nc(-c2cccs2)sc1C(=O)N[C@@H](CC(C)C)C(=O)O. The fourth-order valence-electron chi connectivity index (χ4n) is 2.03. The molecule has 0 aromatic carbocycles. The minimum Gasteiger partial charge on any atom is -0.480 e. The van der Waals surface area contributed by atoms with Crippen LogP contribution in [0.15, 0.2) is 17.5 Å². The number of amides is 1. The van der Waals surface area contributed by atoms with Gasteiger partial charge in [-0.25, -0.2) is 9.78 Å². The normalized spacial score (nSPS) is 12.4. The summed E-state index contributed by atoms with van der Waals surface area (Å²) in [4.78, 5) is 29.5. The maximum absolute atomic E-state index is 12.3. The van der Waals surface area contributed by atoms with Crippen LogP contribution in [0, 0.1) is 12.8 Å². The van der Waals surface area contributed by atoms with Crippen molar-refractivity contribution in [3.05, 3.63) is 28.1 Å². The average molecular weight is 338 g/mol. The summed E-state index contributed by atoms with van der Waals surface area (Å²) in [5.41, 5.74) is 0.625. The predicted molar refractivity (Wildman–Crippen MR) is 88.5 cm³/mol. The first kappa shape index (κ1) is 16.6. The number of nitrogens with one attached hydrogen (secondary N) is 1. The van der Waals surface area contributed by atoms with Crippen molar-refractivity contribution in [2.45, 2.75) is 33.2 Å². The third kappa shape index (κ3) is 3.92. The van der Waals surface area contributed by atoms with E-state index in [1.54, 1.807) is 18.3 Å². The number of thiophene rings is 1. The van der Waals surface area contributed by atoms with Crippen LogP contribution >= 0.6 is 22.7 Å².